The molecule has 0 amide bonds. The first-order valence-electron chi connectivity index (χ1n) is 5.75. The Morgan fingerprint density at radius 2 is 2.18 bits per heavy atom. The number of rotatable bonds is 2. The highest BCUT2D eigenvalue weighted by Gasteiger charge is 2.21. The Balaban J connectivity index is 2.25. The average Bonchev–Trinajstić information content (AvgIpc) is 2.36. The van der Waals surface area contributed by atoms with Crippen molar-refractivity contribution in [3.8, 4) is 0 Å². The quantitative estimate of drug-likeness (QED) is 0.822. The highest BCUT2D eigenvalue weighted by Crippen LogP contribution is 2.38. The Morgan fingerprint density at radius 1 is 1.41 bits per heavy atom. The van der Waals surface area contributed by atoms with Crippen molar-refractivity contribution in [2.75, 3.05) is 24.5 Å². The van der Waals surface area contributed by atoms with Gasteiger partial charge in [-0.2, -0.15) is 0 Å². The molecule has 0 aromatic heterocycles. The van der Waals surface area contributed by atoms with Gasteiger partial charge in [-0.05, 0) is 34.5 Å². The standard InChI is InChI=1S/C12H15BrCl2N2/c1-2-8-7-17(6-5-16-8)10-4-3-9(13)11(14)12(10)15/h3-4,8,16H,2,5-7H2,1H3. The van der Waals surface area contributed by atoms with Crippen molar-refractivity contribution in [2.24, 2.45) is 0 Å². The van der Waals surface area contributed by atoms with Gasteiger partial charge in [0.1, 0.15) is 0 Å². The summed E-state index contributed by atoms with van der Waals surface area (Å²) < 4.78 is 0.843. The van der Waals surface area contributed by atoms with Crippen LogP contribution in [0.25, 0.3) is 0 Å². The second-order valence-corrected chi connectivity index (χ2v) is 5.81. The molecule has 94 valence electrons. The smallest absolute Gasteiger partial charge is 0.0837 e. The van der Waals surface area contributed by atoms with Crippen LogP contribution in [-0.2, 0) is 0 Å². The molecule has 1 aromatic rings. The molecule has 1 unspecified atom stereocenters. The van der Waals surface area contributed by atoms with Gasteiger partial charge in [-0.25, -0.2) is 0 Å². The third-order valence-electron chi connectivity index (χ3n) is 3.10. The molecule has 1 aliphatic heterocycles. The molecule has 1 aromatic carbocycles. The first-order valence-corrected chi connectivity index (χ1v) is 7.30. The van der Waals surface area contributed by atoms with Gasteiger partial charge in [0.25, 0.3) is 0 Å². The van der Waals surface area contributed by atoms with E-state index in [4.69, 9.17) is 23.2 Å². The molecule has 2 rings (SSSR count). The number of anilines is 1. The van der Waals surface area contributed by atoms with Crippen LogP contribution in [0.3, 0.4) is 0 Å². The van der Waals surface area contributed by atoms with Crippen molar-refractivity contribution in [3.05, 3.63) is 26.7 Å². The first-order chi connectivity index (χ1) is 8.13. The summed E-state index contributed by atoms with van der Waals surface area (Å²) in [7, 11) is 0. The van der Waals surface area contributed by atoms with Gasteiger partial charge >= 0.3 is 0 Å². The number of nitrogens with one attached hydrogen (secondary N) is 1. The fourth-order valence-electron chi connectivity index (χ4n) is 2.08. The summed E-state index contributed by atoms with van der Waals surface area (Å²) in [5.41, 5.74) is 1.03. The van der Waals surface area contributed by atoms with E-state index in [1.165, 1.54) is 0 Å². The van der Waals surface area contributed by atoms with E-state index in [1.54, 1.807) is 0 Å². The summed E-state index contributed by atoms with van der Waals surface area (Å²) in [6.45, 7) is 5.13. The molecule has 0 saturated carbocycles. The lowest BCUT2D eigenvalue weighted by atomic mass is 10.1. The Labute approximate surface area is 120 Å². The van der Waals surface area contributed by atoms with Crippen LogP contribution in [0.15, 0.2) is 16.6 Å². The topological polar surface area (TPSA) is 15.3 Å². The molecular formula is C12H15BrCl2N2. The fraction of sp³-hybridized carbons (Fsp3) is 0.500. The molecule has 0 aliphatic carbocycles. The van der Waals surface area contributed by atoms with Crippen molar-refractivity contribution in [3.63, 3.8) is 0 Å². The predicted molar refractivity (Wildman–Crippen MR) is 78.5 cm³/mol. The maximum atomic E-state index is 6.30. The summed E-state index contributed by atoms with van der Waals surface area (Å²) in [4.78, 5) is 2.30. The van der Waals surface area contributed by atoms with Crippen molar-refractivity contribution < 1.29 is 0 Å². The minimum Gasteiger partial charge on any atom is -0.367 e. The van der Waals surface area contributed by atoms with Gasteiger partial charge in [0, 0.05) is 30.1 Å². The van der Waals surface area contributed by atoms with Crippen molar-refractivity contribution in [2.45, 2.75) is 19.4 Å². The maximum Gasteiger partial charge on any atom is 0.0837 e. The first kappa shape index (κ1) is 13.5. The largest absolute Gasteiger partial charge is 0.367 e. The monoisotopic (exact) mass is 336 g/mol. The Kier molecular flexibility index (Phi) is 4.59. The van der Waals surface area contributed by atoms with E-state index >= 15 is 0 Å². The minimum absolute atomic E-state index is 0.530. The lowest BCUT2D eigenvalue weighted by Crippen LogP contribution is -2.50. The summed E-state index contributed by atoms with van der Waals surface area (Å²) in [6, 6.07) is 4.50. The van der Waals surface area contributed by atoms with Crippen LogP contribution in [0.4, 0.5) is 5.69 Å². The van der Waals surface area contributed by atoms with Crippen molar-refractivity contribution in [1.29, 1.82) is 0 Å². The number of nitrogens with zero attached hydrogens (tertiary/aromatic N) is 1. The number of benzene rings is 1. The van der Waals surface area contributed by atoms with Crippen LogP contribution in [0.5, 0.6) is 0 Å². The Morgan fingerprint density at radius 3 is 2.88 bits per heavy atom. The van der Waals surface area contributed by atoms with Gasteiger partial charge in [0.2, 0.25) is 0 Å². The SMILES string of the molecule is CCC1CN(c2ccc(Br)c(Cl)c2Cl)CCN1. The number of halogens is 3. The second kappa shape index (κ2) is 5.79. The van der Waals surface area contributed by atoms with Crippen LogP contribution in [-0.4, -0.2) is 25.7 Å². The van der Waals surface area contributed by atoms with E-state index in [0.717, 1.165) is 36.2 Å². The normalized spacial score (nSPS) is 20.7. The molecule has 1 heterocycles. The molecule has 0 radical (unpaired) electrons. The van der Waals surface area contributed by atoms with Crippen LogP contribution in [0, 0.1) is 0 Å². The highest BCUT2D eigenvalue weighted by molar-refractivity contribution is 9.10. The van der Waals surface area contributed by atoms with Gasteiger partial charge in [0.05, 0.1) is 15.7 Å². The highest BCUT2D eigenvalue weighted by atomic mass is 79.9. The molecule has 0 spiro atoms. The lowest BCUT2D eigenvalue weighted by molar-refractivity contribution is 0.447. The fourth-order valence-corrected chi connectivity index (χ4v) is 2.97. The van der Waals surface area contributed by atoms with Crippen molar-refractivity contribution >= 4 is 44.8 Å². The minimum atomic E-state index is 0.530. The van der Waals surface area contributed by atoms with Gasteiger partial charge < -0.3 is 10.2 Å². The van der Waals surface area contributed by atoms with E-state index in [9.17, 15) is 0 Å². The second-order valence-electron chi connectivity index (χ2n) is 4.20. The van der Waals surface area contributed by atoms with Crippen LogP contribution in [0.1, 0.15) is 13.3 Å². The van der Waals surface area contributed by atoms with E-state index in [1.807, 2.05) is 12.1 Å². The third-order valence-corrected chi connectivity index (χ3v) is 4.86. The summed E-state index contributed by atoms with van der Waals surface area (Å²) in [5.74, 6) is 0. The zero-order valence-corrected chi connectivity index (χ0v) is 12.7. The zero-order chi connectivity index (χ0) is 12.4. The van der Waals surface area contributed by atoms with Crippen LogP contribution < -0.4 is 10.2 Å². The summed E-state index contributed by atoms with van der Waals surface area (Å²) in [5, 5.41) is 4.72. The summed E-state index contributed by atoms with van der Waals surface area (Å²) in [6.07, 6.45) is 1.12. The van der Waals surface area contributed by atoms with Gasteiger partial charge in [0.15, 0.2) is 0 Å². The summed E-state index contributed by atoms with van der Waals surface area (Å²) >= 11 is 15.8. The Hall–Kier alpha value is 0.0400. The third kappa shape index (κ3) is 2.90. The molecular weight excluding hydrogens is 323 g/mol. The zero-order valence-electron chi connectivity index (χ0n) is 9.64. The lowest BCUT2D eigenvalue weighted by Gasteiger charge is -2.35. The number of hydrogen-bond acceptors (Lipinski definition) is 2. The molecule has 2 nitrogen and oxygen atoms in total. The molecule has 1 N–H and O–H groups in total. The molecule has 17 heavy (non-hydrogen) atoms. The van der Waals surface area contributed by atoms with E-state index in [-0.39, 0.29) is 0 Å². The molecule has 1 fully saturated rings. The molecule has 1 atom stereocenters. The molecule has 1 saturated heterocycles. The molecule has 0 bridgehead atoms. The van der Waals surface area contributed by atoms with E-state index in [2.05, 4.69) is 33.1 Å². The van der Waals surface area contributed by atoms with Gasteiger partial charge in [-0.3, -0.25) is 0 Å². The van der Waals surface area contributed by atoms with E-state index < -0.39 is 0 Å². The molecule has 5 heteroatoms. The van der Waals surface area contributed by atoms with Crippen LogP contribution >= 0.6 is 39.1 Å². The van der Waals surface area contributed by atoms with Gasteiger partial charge in [-0.1, -0.05) is 30.1 Å². The average molecular weight is 338 g/mol. The number of hydrogen-bond donors (Lipinski definition) is 1. The molecule has 1 aliphatic rings. The maximum absolute atomic E-state index is 6.30. The predicted octanol–water partition coefficient (Wildman–Crippen LogP) is 3.94. The Bertz CT molecular complexity index is 412. The van der Waals surface area contributed by atoms with Crippen LogP contribution in [0.2, 0.25) is 10.0 Å². The van der Waals surface area contributed by atoms with Gasteiger partial charge in [-0.15, -0.1) is 0 Å². The van der Waals surface area contributed by atoms with E-state index in [0.29, 0.717) is 16.1 Å². The van der Waals surface area contributed by atoms with Crippen molar-refractivity contribution in [1.82, 2.24) is 5.32 Å². The number of piperazine rings is 1.